The Labute approximate surface area is 77.5 Å². The zero-order valence-electron chi connectivity index (χ0n) is 7.53. The summed E-state index contributed by atoms with van der Waals surface area (Å²) >= 11 is 0. The molecule has 0 N–H and O–H groups in total. The summed E-state index contributed by atoms with van der Waals surface area (Å²) in [5.41, 5.74) is 1.08. The Morgan fingerprint density at radius 2 is 2.46 bits per heavy atom. The SMILES string of the molecule is C=C(C#N)c1cccc[n+]1OCC. The second kappa shape index (κ2) is 4.27. The molecule has 0 aliphatic carbocycles. The van der Waals surface area contributed by atoms with Crippen molar-refractivity contribution in [3.05, 3.63) is 36.7 Å². The van der Waals surface area contributed by atoms with E-state index < -0.39 is 0 Å². The number of nitrogens with zero attached hydrogens (tertiary/aromatic N) is 2. The number of rotatable bonds is 3. The van der Waals surface area contributed by atoms with Gasteiger partial charge in [-0.1, -0.05) is 6.58 Å². The lowest BCUT2D eigenvalue weighted by Crippen LogP contribution is -2.45. The molecule has 0 unspecified atom stereocenters. The fourth-order valence-corrected chi connectivity index (χ4v) is 0.971. The minimum absolute atomic E-state index is 0.397. The summed E-state index contributed by atoms with van der Waals surface area (Å²) in [7, 11) is 0. The maximum Gasteiger partial charge on any atom is 0.274 e. The molecule has 0 aliphatic heterocycles. The van der Waals surface area contributed by atoms with E-state index in [4.69, 9.17) is 10.1 Å². The first-order chi connectivity index (χ1) is 6.29. The lowest BCUT2D eigenvalue weighted by Gasteiger charge is -1.98. The molecule has 0 saturated carbocycles. The lowest BCUT2D eigenvalue weighted by atomic mass is 10.2. The molecule has 0 bridgehead atoms. The van der Waals surface area contributed by atoms with Crippen molar-refractivity contribution >= 4 is 5.57 Å². The summed E-state index contributed by atoms with van der Waals surface area (Å²) in [6.45, 7) is 6.07. The Morgan fingerprint density at radius 1 is 1.69 bits per heavy atom. The topological polar surface area (TPSA) is 36.9 Å². The van der Waals surface area contributed by atoms with E-state index in [9.17, 15) is 0 Å². The molecule has 0 fully saturated rings. The molecule has 1 aromatic rings. The highest BCUT2D eigenvalue weighted by atomic mass is 16.7. The van der Waals surface area contributed by atoms with Crippen molar-refractivity contribution in [3.63, 3.8) is 0 Å². The molecule has 1 heterocycles. The van der Waals surface area contributed by atoms with Crippen LogP contribution in [0.15, 0.2) is 31.0 Å². The standard InChI is InChI=1S/C10H11N2O/c1-3-13-12-7-5-4-6-10(12)9(2)8-11/h4-7H,2-3H2,1H3/q+1. The molecule has 0 atom stereocenters. The molecule has 1 aromatic heterocycles. The maximum atomic E-state index is 8.66. The maximum absolute atomic E-state index is 8.66. The molecule has 0 saturated heterocycles. The van der Waals surface area contributed by atoms with Crippen molar-refractivity contribution in [1.29, 1.82) is 5.26 Å². The largest absolute Gasteiger partial charge is 0.274 e. The van der Waals surface area contributed by atoms with E-state index in [1.807, 2.05) is 25.1 Å². The average Bonchev–Trinajstić information content (AvgIpc) is 2.18. The molecular weight excluding hydrogens is 164 g/mol. The number of hydrogen-bond donors (Lipinski definition) is 0. The molecule has 66 valence electrons. The predicted molar refractivity (Wildman–Crippen MR) is 48.4 cm³/mol. The normalized spacial score (nSPS) is 8.92. The van der Waals surface area contributed by atoms with Gasteiger partial charge in [-0.25, -0.2) is 0 Å². The predicted octanol–water partition coefficient (Wildman–Crippen LogP) is 0.959. The van der Waals surface area contributed by atoms with E-state index in [2.05, 4.69) is 6.58 Å². The Kier molecular flexibility index (Phi) is 3.04. The summed E-state index contributed by atoms with van der Waals surface area (Å²) in [5.74, 6) is 0. The van der Waals surface area contributed by atoms with E-state index in [1.54, 1.807) is 17.0 Å². The molecule has 13 heavy (non-hydrogen) atoms. The molecule has 0 aromatic carbocycles. The van der Waals surface area contributed by atoms with Gasteiger partial charge in [-0.3, -0.25) is 4.84 Å². The van der Waals surface area contributed by atoms with Crippen LogP contribution in [-0.4, -0.2) is 6.61 Å². The van der Waals surface area contributed by atoms with Crippen molar-refractivity contribution < 1.29 is 9.57 Å². The van der Waals surface area contributed by atoms with Crippen LogP contribution in [0.25, 0.3) is 5.57 Å². The summed E-state index contributed by atoms with van der Waals surface area (Å²) in [6.07, 6.45) is 1.75. The van der Waals surface area contributed by atoms with Crippen LogP contribution < -0.4 is 9.57 Å². The van der Waals surface area contributed by atoms with Crippen molar-refractivity contribution in [3.8, 4) is 6.07 Å². The van der Waals surface area contributed by atoms with E-state index in [0.717, 1.165) is 0 Å². The molecule has 0 aliphatic rings. The molecule has 0 radical (unpaired) electrons. The van der Waals surface area contributed by atoms with Crippen LogP contribution in [0.5, 0.6) is 0 Å². The quantitative estimate of drug-likeness (QED) is 0.507. The first kappa shape index (κ1) is 9.27. The third kappa shape index (κ3) is 2.06. The third-order valence-corrected chi connectivity index (χ3v) is 1.54. The highest BCUT2D eigenvalue weighted by Gasteiger charge is 2.13. The monoisotopic (exact) mass is 175 g/mol. The van der Waals surface area contributed by atoms with Gasteiger partial charge in [0.05, 0.1) is 0 Å². The van der Waals surface area contributed by atoms with E-state index in [0.29, 0.717) is 17.9 Å². The smallest absolute Gasteiger partial charge is 0.271 e. The van der Waals surface area contributed by atoms with Crippen LogP contribution in [0.4, 0.5) is 0 Å². The van der Waals surface area contributed by atoms with Crippen LogP contribution in [0.2, 0.25) is 0 Å². The van der Waals surface area contributed by atoms with Gasteiger partial charge in [0, 0.05) is 16.9 Å². The van der Waals surface area contributed by atoms with Crippen molar-refractivity contribution in [2.24, 2.45) is 0 Å². The van der Waals surface area contributed by atoms with Crippen LogP contribution in [0.3, 0.4) is 0 Å². The Morgan fingerprint density at radius 3 is 3.08 bits per heavy atom. The molecular formula is C10H11N2O+. The van der Waals surface area contributed by atoms with Crippen LogP contribution in [0, 0.1) is 11.3 Å². The molecule has 1 rings (SSSR count). The minimum Gasteiger partial charge on any atom is -0.271 e. The summed E-state index contributed by atoms with van der Waals surface area (Å²) in [6, 6.07) is 7.46. The fraction of sp³-hybridized carbons (Fsp3) is 0.200. The fourth-order valence-electron chi connectivity index (χ4n) is 0.971. The Balaban J connectivity index is 3.06. The van der Waals surface area contributed by atoms with Crippen LogP contribution in [-0.2, 0) is 0 Å². The summed E-state index contributed by atoms with van der Waals surface area (Å²) < 4.78 is 1.55. The van der Waals surface area contributed by atoms with Gasteiger partial charge in [-0.2, -0.15) is 5.26 Å². The second-order valence-electron chi connectivity index (χ2n) is 2.42. The molecule has 0 amide bonds. The summed E-state index contributed by atoms with van der Waals surface area (Å²) in [5, 5.41) is 8.66. The van der Waals surface area contributed by atoms with Gasteiger partial charge in [0.2, 0.25) is 6.20 Å². The molecule has 3 heteroatoms. The number of allylic oxidation sites excluding steroid dienone is 1. The van der Waals surface area contributed by atoms with Gasteiger partial charge in [-0.05, 0) is 13.0 Å². The highest BCUT2D eigenvalue weighted by Crippen LogP contribution is 2.03. The average molecular weight is 175 g/mol. The first-order valence-corrected chi connectivity index (χ1v) is 4.03. The zero-order chi connectivity index (χ0) is 9.68. The van der Waals surface area contributed by atoms with Gasteiger partial charge < -0.3 is 0 Å². The number of pyridine rings is 1. The number of aromatic nitrogens is 1. The van der Waals surface area contributed by atoms with Gasteiger partial charge in [0.15, 0.2) is 6.61 Å². The first-order valence-electron chi connectivity index (χ1n) is 4.03. The number of hydrogen-bond acceptors (Lipinski definition) is 2. The van der Waals surface area contributed by atoms with Crippen LogP contribution in [0.1, 0.15) is 12.6 Å². The van der Waals surface area contributed by atoms with Crippen LogP contribution >= 0.6 is 0 Å². The summed E-state index contributed by atoms with van der Waals surface area (Å²) in [4.78, 5) is 5.26. The molecule has 0 spiro atoms. The third-order valence-electron chi connectivity index (χ3n) is 1.54. The van der Waals surface area contributed by atoms with Crippen molar-refractivity contribution in [2.45, 2.75) is 6.92 Å². The minimum atomic E-state index is 0.397. The van der Waals surface area contributed by atoms with E-state index in [-0.39, 0.29) is 0 Å². The Bertz CT molecular complexity index is 352. The van der Waals surface area contributed by atoms with Crippen molar-refractivity contribution in [1.82, 2.24) is 0 Å². The van der Waals surface area contributed by atoms with Gasteiger partial charge in [-0.15, -0.1) is 0 Å². The van der Waals surface area contributed by atoms with Crippen molar-refractivity contribution in [2.75, 3.05) is 6.61 Å². The second-order valence-corrected chi connectivity index (χ2v) is 2.42. The molecule has 3 nitrogen and oxygen atoms in total. The van der Waals surface area contributed by atoms with E-state index >= 15 is 0 Å². The van der Waals surface area contributed by atoms with Gasteiger partial charge in [0.1, 0.15) is 11.6 Å². The van der Waals surface area contributed by atoms with Gasteiger partial charge >= 0.3 is 0 Å². The number of nitriles is 1. The van der Waals surface area contributed by atoms with E-state index in [1.165, 1.54) is 0 Å². The zero-order valence-corrected chi connectivity index (χ0v) is 7.53. The highest BCUT2D eigenvalue weighted by molar-refractivity contribution is 5.70. The van der Waals surface area contributed by atoms with Gasteiger partial charge in [0.25, 0.3) is 5.69 Å². The lowest BCUT2D eigenvalue weighted by molar-refractivity contribution is -0.892. The Hall–Kier alpha value is -1.82.